The highest BCUT2D eigenvalue weighted by Crippen LogP contribution is 2.20. The van der Waals surface area contributed by atoms with E-state index >= 15 is 0 Å². The zero-order valence-electron chi connectivity index (χ0n) is 11.4. The van der Waals surface area contributed by atoms with Crippen LogP contribution in [-0.2, 0) is 0 Å². The first kappa shape index (κ1) is 14.9. The number of carbonyl (C=O) groups excluding carboxylic acids is 1. The third kappa shape index (κ3) is 3.16. The Morgan fingerprint density at radius 1 is 1.00 bits per heavy atom. The summed E-state index contributed by atoms with van der Waals surface area (Å²) in [5, 5.41) is 5.27. The van der Waals surface area contributed by atoms with Gasteiger partial charge in [-0.1, -0.05) is 0 Å². The summed E-state index contributed by atoms with van der Waals surface area (Å²) in [5.41, 5.74) is 1.75. The molecule has 0 spiro atoms. The van der Waals surface area contributed by atoms with Crippen molar-refractivity contribution in [3.8, 4) is 0 Å². The van der Waals surface area contributed by atoms with Crippen LogP contribution in [0.15, 0.2) is 30.3 Å². The van der Waals surface area contributed by atoms with E-state index in [2.05, 4.69) is 10.6 Å². The number of carbonyl (C=O) groups is 1. The van der Waals surface area contributed by atoms with Gasteiger partial charge in [-0.2, -0.15) is 0 Å². The van der Waals surface area contributed by atoms with Gasteiger partial charge in [-0.3, -0.25) is 4.79 Å². The highest BCUT2D eigenvalue weighted by atomic mass is 19.2. The van der Waals surface area contributed by atoms with Gasteiger partial charge < -0.3 is 10.6 Å². The molecule has 0 unspecified atom stereocenters. The van der Waals surface area contributed by atoms with E-state index in [1.807, 2.05) is 0 Å². The molecule has 0 aliphatic rings. The Balaban J connectivity index is 2.26. The van der Waals surface area contributed by atoms with Crippen LogP contribution < -0.4 is 10.6 Å². The van der Waals surface area contributed by atoms with E-state index in [4.69, 9.17) is 0 Å². The summed E-state index contributed by atoms with van der Waals surface area (Å²) in [6.45, 7) is 1.74. The van der Waals surface area contributed by atoms with Gasteiger partial charge in [0.05, 0.1) is 0 Å². The molecule has 1 amide bonds. The normalized spacial score (nSPS) is 10.3. The van der Waals surface area contributed by atoms with Crippen LogP contribution in [0.1, 0.15) is 15.9 Å². The molecule has 0 aromatic heterocycles. The summed E-state index contributed by atoms with van der Waals surface area (Å²) in [4.78, 5) is 12.1. The van der Waals surface area contributed by atoms with Crippen LogP contribution >= 0.6 is 0 Å². The first-order chi connectivity index (χ1) is 9.92. The number of hydrogen-bond donors (Lipinski definition) is 2. The van der Waals surface area contributed by atoms with E-state index in [0.29, 0.717) is 11.1 Å². The molecule has 0 aliphatic carbocycles. The van der Waals surface area contributed by atoms with Crippen LogP contribution in [0.25, 0.3) is 0 Å². The maximum Gasteiger partial charge on any atom is 0.255 e. The molecule has 110 valence electrons. The van der Waals surface area contributed by atoms with Crippen molar-refractivity contribution in [3.63, 3.8) is 0 Å². The van der Waals surface area contributed by atoms with Gasteiger partial charge in [-0.25, -0.2) is 13.2 Å². The molecule has 6 heteroatoms. The number of rotatable bonds is 3. The van der Waals surface area contributed by atoms with Crippen LogP contribution in [0.4, 0.5) is 24.5 Å². The van der Waals surface area contributed by atoms with Crippen LogP contribution in [-0.4, -0.2) is 13.0 Å². The van der Waals surface area contributed by atoms with Gasteiger partial charge in [0, 0.05) is 36.1 Å². The molecule has 0 saturated heterocycles. The molecule has 0 radical (unpaired) electrons. The van der Waals surface area contributed by atoms with Gasteiger partial charge in [0.1, 0.15) is 0 Å². The molecule has 2 N–H and O–H groups in total. The molecule has 0 saturated carbocycles. The van der Waals surface area contributed by atoms with Gasteiger partial charge in [-0.15, -0.1) is 0 Å². The van der Waals surface area contributed by atoms with Crippen molar-refractivity contribution < 1.29 is 18.0 Å². The minimum absolute atomic E-state index is 0.145. The summed E-state index contributed by atoms with van der Waals surface area (Å²) in [6.07, 6.45) is 0. The van der Waals surface area contributed by atoms with E-state index < -0.39 is 23.4 Å². The maximum absolute atomic E-state index is 13.1. The molecular weight excluding hydrogens is 281 g/mol. The van der Waals surface area contributed by atoms with Crippen molar-refractivity contribution in [3.05, 3.63) is 58.9 Å². The van der Waals surface area contributed by atoms with Crippen molar-refractivity contribution in [2.24, 2.45) is 0 Å². The number of halogens is 3. The molecule has 21 heavy (non-hydrogen) atoms. The first-order valence-corrected chi connectivity index (χ1v) is 6.16. The second-order valence-corrected chi connectivity index (χ2v) is 4.49. The lowest BCUT2D eigenvalue weighted by Crippen LogP contribution is -2.14. The zero-order valence-corrected chi connectivity index (χ0v) is 11.4. The smallest absolute Gasteiger partial charge is 0.255 e. The van der Waals surface area contributed by atoms with Crippen LogP contribution in [0.5, 0.6) is 0 Å². The fraction of sp³-hybridized carbons (Fsp3) is 0.133. The number of aryl methyl sites for hydroxylation is 1. The molecule has 0 aliphatic heterocycles. The first-order valence-electron chi connectivity index (χ1n) is 6.16. The summed E-state index contributed by atoms with van der Waals surface area (Å²) in [6, 6.07) is 6.52. The van der Waals surface area contributed by atoms with Gasteiger partial charge >= 0.3 is 0 Å². The predicted octanol–water partition coefficient (Wildman–Crippen LogP) is 3.71. The average Bonchev–Trinajstić information content (AvgIpc) is 2.44. The largest absolute Gasteiger partial charge is 0.388 e. The Morgan fingerprint density at radius 3 is 2.14 bits per heavy atom. The van der Waals surface area contributed by atoms with Crippen LogP contribution in [0, 0.1) is 24.4 Å². The molecule has 0 bridgehead atoms. The summed E-state index contributed by atoms with van der Waals surface area (Å²) in [5.74, 6) is -4.80. The van der Waals surface area contributed by atoms with Gasteiger partial charge in [-0.05, 0) is 30.7 Å². The van der Waals surface area contributed by atoms with E-state index in [0.717, 1.165) is 17.8 Å². The second kappa shape index (κ2) is 5.87. The SMILES string of the molecule is CNc1ccc(C(=O)Nc2cc(F)c(F)c(F)c2)c(C)c1. The van der Waals surface area contributed by atoms with Crippen molar-refractivity contribution in [2.75, 3.05) is 17.7 Å². The number of anilines is 2. The maximum atomic E-state index is 13.1. The topological polar surface area (TPSA) is 41.1 Å². The average molecular weight is 294 g/mol. The number of amides is 1. The molecule has 2 aromatic carbocycles. The fourth-order valence-electron chi connectivity index (χ4n) is 1.90. The zero-order chi connectivity index (χ0) is 15.6. The Labute approximate surface area is 119 Å². The quantitative estimate of drug-likeness (QED) is 0.847. The van der Waals surface area contributed by atoms with Crippen LogP contribution in [0.2, 0.25) is 0 Å². The predicted molar refractivity (Wildman–Crippen MR) is 75.0 cm³/mol. The van der Waals surface area contributed by atoms with Gasteiger partial charge in [0.25, 0.3) is 5.91 Å². The Morgan fingerprint density at radius 2 is 1.62 bits per heavy atom. The number of benzene rings is 2. The lowest BCUT2D eigenvalue weighted by molar-refractivity contribution is 0.102. The van der Waals surface area contributed by atoms with Crippen molar-refractivity contribution in [1.82, 2.24) is 0 Å². The Bertz CT molecular complexity index is 678. The summed E-state index contributed by atoms with van der Waals surface area (Å²) >= 11 is 0. The molecule has 3 nitrogen and oxygen atoms in total. The molecule has 0 heterocycles. The van der Waals surface area contributed by atoms with Crippen LogP contribution in [0.3, 0.4) is 0 Å². The highest BCUT2D eigenvalue weighted by Gasteiger charge is 2.14. The molecule has 2 rings (SSSR count). The molecule has 0 fully saturated rings. The van der Waals surface area contributed by atoms with Gasteiger partial charge in [0.15, 0.2) is 17.5 Å². The Kier molecular flexibility index (Phi) is 4.16. The van der Waals surface area contributed by atoms with Crippen molar-refractivity contribution in [1.29, 1.82) is 0 Å². The lowest BCUT2D eigenvalue weighted by Gasteiger charge is -2.10. The fourth-order valence-corrected chi connectivity index (χ4v) is 1.90. The minimum atomic E-state index is -1.57. The summed E-state index contributed by atoms with van der Waals surface area (Å²) < 4.78 is 39.0. The number of nitrogens with one attached hydrogen (secondary N) is 2. The minimum Gasteiger partial charge on any atom is -0.388 e. The second-order valence-electron chi connectivity index (χ2n) is 4.49. The molecule has 2 aromatic rings. The van der Waals surface area contributed by atoms with Gasteiger partial charge in [0.2, 0.25) is 0 Å². The van der Waals surface area contributed by atoms with Crippen molar-refractivity contribution >= 4 is 17.3 Å². The Hall–Kier alpha value is -2.50. The lowest BCUT2D eigenvalue weighted by atomic mass is 10.1. The molecular formula is C15H13F3N2O. The monoisotopic (exact) mass is 294 g/mol. The third-order valence-corrected chi connectivity index (χ3v) is 3.00. The standard InChI is InChI=1S/C15H13F3N2O/c1-8-5-9(19-2)3-4-11(8)15(21)20-10-6-12(16)14(18)13(17)7-10/h3-7,19H,1-2H3,(H,20,21). The van der Waals surface area contributed by atoms with E-state index in [1.54, 1.807) is 32.2 Å². The third-order valence-electron chi connectivity index (χ3n) is 3.00. The van der Waals surface area contributed by atoms with Crippen molar-refractivity contribution in [2.45, 2.75) is 6.92 Å². The number of hydrogen-bond acceptors (Lipinski definition) is 2. The summed E-state index contributed by atoms with van der Waals surface area (Å²) in [7, 11) is 1.75. The highest BCUT2D eigenvalue weighted by molar-refractivity contribution is 6.05. The molecule has 0 atom stereocenters. The van der Waals surface area contributed by atoms with E-state index in [1.165, 1.54) is 0 Å². The van der Waals surface area contributed by atoms with E-state index in [-0.39, 0.29) is 5.69 Å². The van der Waals surface area contributed by atoms with E-state index in [9.17, 15) is 18.0 Å².